The molecule has 30 heavy (non-hydrogen) atoms. The number of nitrogens with one attached hydrogen (secondary N) is 2. The van der Waals surface area contributed by atoms with Gasteiger partial charge in [0, 0.05) is 30.0 Å². The topological polar surface area (TPSA) is 84.2 Å². The van der Waals surface area contributed by atoms with E-state index in [-0.39, 0.29) is 24.8 Å². The SMILES string of the molecule is O=C(/C=C/c1ccco1)NCCC(=O)Nc1nc(-c2cccc3ccccc23)cs1. The number of hydrogen-bond donors (Lipinski definition) is 2. The molecule has 2 heterocycles. The van der Waals surface area contributed by atoms with Crippen molar-refractivity contribution in [3.05, 3.63) is 78.1 Å². The maximum Gasteiger partial charge on any atom is 0.244 e. The van der Waals surface area contributed by atoms with Crippen molar-refractivity contribution in [1.29, 1.82) is 0 Å². The molecule has 6 nitrogen and oxygen atoms in total. The van der Waals surface area contributed by atoms with E-state index in [1.807, 2.05) is 29.6 Å². The molecule has 0 radical (unpaired) electrons. The summed E-state index contributed by atoms with van der Waals surface area (Å²) in [4.78, 5) is 28.5. The van der Waals surface area contributed by atoms with Gasteiger partial charge in [-0.05, 0) is 29.0 Å². The van der Waals surface area contributed by atoms with Crippen LogP contribution in [0.2, 0.25) is 0 Å². The highest BCUT2D eigenvalue weighted by Crippen LogP contribution is 2.30. The van der Waals surface area contributed by atoms with E-state index in [0.29, 0.717) is 10.9 Å². The molecule has 0 aliphatic carbocycles. The molecule has 4 rings (SSSR count). The maximum absolute atomic E-state index is 12.2. The first-order chi connectivity index (χ1) is 14.7. The van der Waals surface area contributed by atoms with Gasteiger partial charge in [-0.15, -0.1) is 11.3 Å². The first-order valence-corrected chi connectivity index (χ1v) is 10.3. The van der Waals surface area contributed by atoms with Crippen LogP contribution in [0, 0.1) is 0 Å². The molecule has 0 fully saturated rings. The van der Waals surface area contributed by atoms with Crippen molar-refractivity contribution in [3.8, 4) is 11.3 Å². The van der Waals surface area contributed by atoms with Gasteiger partial charge in [0.15, 0.2) is 5.13 Å². The van der Waals surface area contributed by atoms with Crippen LogP contribution in [0.25, 0.3) is 28.1 Å². The Morgan fingerprint density at radius 1 is 1.07 bits per heavy atom. The Bertz CT molecular complexity index is 1190. The molecule has 0 aliphatic rings. The summed E-state index contributed by atoms with van der Waals surface area (Å²) >= 11 is 1.38. The van der Waals surface area contributed by atoms with Gasteiger partial charge in [-0.1, -0.05) is 42.5 Å². The minimum absolute atomic E-state index is 0.156. The standard InChI is InChI=1S/C23H19N3O3S/c27-21(11-10-17-7-4-14-29-17)24-13-12-22(28)26-23-25-20(15-30-23)19-9-3-6-16-5-1-2-8-18(16)19/h1-11,14-15H,12-13H2,(H,24,27)(H,25,26,28)/b11-10+. The number of hydrogen-bond acceptors (Lipinski definition) is 5. The molecule has 150 valence electrons. The molecule has 0 saturated heterocycles. The quantitative estimate of drug-likeness (QED) is 0.426. The summed E-state index contributed by atoms with van der Waals surface area (Å²) in [5, 5.41) is 10.2. The van der Waals surface area contributed by atoms with Crippen LogP contribution in [0.15, 0.2) is 76.7 Å². The number of amides is 2. The average molecular weight is 417 g/mol. The summed E-state index contributed by atoms with van der Waals surface area (Å²) in [5.41, 5.74) is 1.85. The van der Waals surface area contributed by atoms with Crippen LogP contribution in [0.5, 0.6) is 0 Å². The van der Waals surface area contributed by atoms with Gasteiger partial charge in [0.05, 0.1) is 12.0 Å². The minimum Gasteiger partial charge on any atom is -0.465 e. The molecular weight excluding hydrogens is 398 g/mol. The minimum atomic E-state index is -0.285. The third-order valence-corrected chi connectivity index (χ3v) is 5.17. The lowest BCUT2D eigenvalue weighted by molar-refractivity contribution is -0.117. The van der Waals surface area contributed by atoms with Gasteiger partial charge in [0.1, 0.15) is 5.76 Å². The number of nitrogens with zero attached hydrogens (tertiary/aromatic N) is 1. The van der Waals surface area contributed by atoms with Crippen LogP contribution in [0.1, 0.15) is 12.2 Å². The second kappa shape index (κ2) is 9.19. The molecule has 7 heteroatoms. The highest BCUT2D eigenvalue weighted by Gasteiger charge is 2.10. The summed E-state index contributed by atoms with van der Waals surface area (Å²) in [6, 6.07) is 17.7. The van der Waals surface area contributed by atoms with Crippen LogP contribution >= 0.6 is 11.3 Å². The number of benzene rings is 2. The third-order valence-electron chi connectivity index (χ3n) is 4.41. The first kappa shape index (κ1) is 19.6. The summed E-state index contributed by atoms with van der Waals surface area (Å²) in [5.74, 6) is 0.101. The molecule has 0 unspecified atom stereocenters. The van der Waals surface area contributed by atoms with Gasteiger partial charge in [-0.2, -0.15) is 0 Å². The number of carbonyl (C=O) groups is 2. The molecular formula is C23H19N3O3S. The molecule has 2 aromatic heterocycles. The van der Waals surface area contributed by atoms with E-state index in [1.165, 1.54) is 23.7 Å². The van der Waals surface area contributed by atoms with Gasteiger partial charge in [0.2, 0.25) is 11.8 Å². The Balaban J connectivity index is 1.30. The monoisotopic (exact) mass is 417 g/mol. The molecule has 4 aromatic rings. The molecule has 2 N–H and O–H groups in total. The molecule has 0 saturated carbocycles. The Kier molecular flexibility index (Phi) is 6.01. The lowest BCUT2D eigenvalue weighted by atomic mass is 10.0. The van der Waals surface area contributed by atoms with Gasteiger partial charge < -0.3 is 15.1 Å². The number of rotatable bonds is 7. The van der Waals surface area contributed by atoms with Crippen LogP contribution in [0.4, 0.5) is 5.13 Å². The molecule has 2 aromatic carbocycles. The van der Waals surface area contributed by atoms with Crippen molar-refractivity contribution in [2.45, 2.75) is 6.42 Å². The highest BCUT2D eigenvalue weighted by atomic mass is 32.1. The average Bonchev–Trinajstić information content (AvgIpc) is 3.44. The van der Waals surface area contributed by atoms with Crippen molar-refractivity contribution in [1.82, 2.24) is 10.3 Å². The number of aromatic nitrogens is 1. The summed E-state index contributed by atoms with van der Waals surface area (Å²) in [6.45, 7) is 0.231. The van der Waals surface area contributed by atoms with E-state index in [4.69, 9.17) is 4.42 Å². The maximum atomic E-state index is 12.2. The van der Waals surface area contributed by atoms with Gasteiger partial charge in [-0.25, -0.2) is 4.98 Å². The van der Waals surface area contributed by atoms with Crippen LogP contribution in [0.3, 0.4) is 0 Å². The van der Waals surface area contributed by atoms with E-state index >= 15 is 0 Å². The lowest BCUT2D eigenvalue weighted by Crippen LogP contribution is -2.26. The zero-order valence-corrected chi connectivity index (χ0v) is 16.8. The van der Waals surface area contributed by atoms with E-state index in [1.54, 1.807) is 18.2 Å². The Labute approximate surface area is 177 Å². The van der Waals surface area contributed by atoms with Gasteiger partial charge in [0.25, 0.3) is 0 Å². The molecule has 0 aliphatic heterocycles. The van der Waals surface area contributed by atoms with E-state index < -0.39 is 0 Å². The number of furan rings is 1. The van der Waals surface area contributed by atoms with Crippen molar-refractivity contribution < 1.29 is 14.0 Å². The predicted octanol–water partition coefficient (Wildman–Crippen LogP) is 4.71. The normalized spacial score (nSPS) is 11.1. The Hall–Kier alpha value is -3.71. The molecule has 0 bridgehead atoms. The zero-order valence-electron chi connectivity index (χ0n) is 16.0. The van der Waals surface area contributed by atoms with E-state index in [2.05, 4.69) is 33.8 Å². The Morgan fingerprint density at radius 3 is 2.80 bits per heavy atom. The van der Waals surface area contributed by atoms with Crippen molar-refractivity contribution in [2.24, 2.45) is 0 Å². The summed E-state index contributed by atoms with van der Waals surface area (Å²) in [7, 11) is 0. The van der Waals surface area contributed by atoms with Crippen molar-refractivity contribution in [3.63, 3.8) is 0 Å². The molecule has 0 atom stereocenters. The molecule has 2 amide bonds. The van der Waals surface area contributed by atoms with Crippen LogP contribution in [-0.4, -0.2) is 23.3 Å². The third kappa shape index (κ3) is 4.82. The number of fused-ring (bicyclic) bond motifs is 1. The van der Waals surface area contributed by atoms with Crippen molar-refractivity contribution in [2.75, 3.05) is 11.9 Å². The van der Waals surface area contributed by atoms with Gasteiger partial charge in [-0.3, -0.25) is 9.59 Å². The summed E-state index contributed by atoms with van der Waals surface area (Å²) < 4.78 is 5.11. The fourth-order valence-corrected chi connectivity index (χ4v) is 3.71. The van der Waals surface area contributed by atoms with Gasteiger partial charge >= 0.3 is 0 Å². The fourth-order valence-electron chi connectivity index (χ4n) is 2.99. The van der Waals surface area contributed by atoms with E-state index in [0.717, 1.165) is 22.0 Å². The summed E-state index contributed by atoms with van der Waals surface area (Å²) in [6.07, 6.45) is 4.63. The Morgan fingerprint density at radius 2 is 1.93 bits per heavy atom. The number of anilines is 1. The zero-order chi connectivity index (χ0) is 20.8. The molecule has 0 spiro atoms. The predicted molar refractivity (Wildman–Crippen MR) is 119 cm³/mol. The second-order valence-electron chi connectivity index (χ2n) is 6.50. The highest BCUT2D eigenvalue weighted by molar-refractivity contribution is 7.14. The number of thiazole rings is 1. The van der Waals surface area contributed by atoms with E-state index in [9.17, 15) is 9.59 Å². The fraction of sp³-hybridized carbons (Fsp3) is 0.0870. The van der Waals surface area contributed by atoms with Crippen LogP contribution < -0.4 is 10.6 Å². The largest absolute Gasteiger partial charge is 0.465 e. The van der Waals surface area contributed by atoms with Crippen molar-refractivity contribution >= 4 is 45.1 Å². The second-order valence-corrected chi connectivity index (χ2v) is 7.36. The number of carbonyl (C=O) groups excluding carboxylic acids is 2. The smallest absolute Gasteiger partial charge is 0.244 e. The van der Waals surface area contributed by atoms with Crippen LogP contribution in [-0.2, 0) is 9.59 Å². The lowest BCUT2D eigenvalue weighted by Gasteiger charge is -2.04. The first-order valence-electron chi connectivity index (χ1n) is 9.42.